The van der Waals surface area contributed by atoms with Crippen LogP contribution >= 0.6 is 0 Å². The summed E-state index contributed by atoms with van der Waals surface area (Å²) in [7, 11) is 1.66. The van der Waals surface area contributed by atoms with Crippen LogP contribution in [0.15, 0.2) is 18.7 Å². The summed E-state index contributed by atoms with van der Waals surface area (Å²) in [4.78, 5) is 32.8. The maximum Gasteiger partial charge on any atom is 0.242 e. The third kappa shape index (κ3) is 3.77. The molecule has 0 saturated carbocycles. The molecule has 24 heavy (non-hydrogen) atoms. The van der Waals surface area contributed by atoms with Crippen LogP contribution < -0.4 is 0 Å². The number of methoxy groups -OCH3 is 1. The Morgan fingerprint density at radius 2 is 2.29 bits per heavy atom. The molecule has 132 valence electrons. The van der Waals surface area contributed by atoms with Crippen molar-refractivity contribution in [2.75, 3.05) is 33.4 Å². The summed E-state index contributed by atoms with van der Waals surface area (Å²) in [6.07, 6.45) is 8.55. The summed E-state index contributed by atoms with van der Waals surface area (Å²) in [5, 5.41) is 0. The van der Waals surface area contributed by atoms with Gasteiger partial charge in [-0.2, -0.15) is 0 Å². The summed E-state index contributed by atoms with van der Waals surface area (Å²) in [6.45, 7) is 3.02. The van der Waals surface area contributed by atoms with Crippen LogP contribution in [0.1, 0.15) is 25.7 Å². The number of piperidine rings is 1. The highest BCUT2D eigenvalue weighted by Crippen LogP contribution is 2.30. The third-order valence-corrected chi connectivity index (χ3v) is 5.15. The zero-order valence-corrected chi connectivity index (χ0v) is 14.3. The molecule has 7 heteroatoms. The van der Waals surface area contributed by atoms with Gasteiger partial charge < -0.3 is 19.1 Å². The van der Waals surface area contributed by atoms with Crippen LogP contribution in [-0.2, 0) is 20.9 Å². The maximum absolute atomic E-state index is 12.5. The van der Waals surface area contributed by atoms with E-state index < -0.39 is 0 Å². The minimum absolute atomic E-state index is 0.130. The molecule has 0 aliphatic carbocycles. The van der Waals surface area contributed by atoms with Crippen molar-refractivity contribution in [2.24, 2.45) is 5.92 Å². The molecular formula is C17H26N4O3. The summed E-state index contributed by atoms with van der Waals surface area (Å²) >= 11 is 0. The molecule has 0 bridgehead atoms. The summed E-state index contributed by atoms with van der Waals surface area (Å²) < 4.78 is 6.97. The number of ether oxygens (including phenoxy) is 1. The Balaban J connectivity index is 1.63. The molecule has 0 spiro atoms. The number of carbonyl (C=O) groups excluding carboxylic acids is 2. The van der Waals surface area contributed by atoms with Crippen LogP contribution in [-0.4, -0.2) is 70.6 Å². The van der Waals surface area contributed by atoms with Gasteiger partial charge in [0, 0.05) is 51.6 Å². The highest BCUT2D eigenvalue weighted by Gasteiger charge is 2.38. The van der Waals surface area contributed by atoms with Gasteiger partial charge in [0.1, 0.15) is 6.54 Å². The van der Waals surface area contributed by atoms with E-state index in [1.165, 1.54) is 0 Å². The minimum atomic E-state index is 0.130. The van der Waals surface area contributed by atoms with Gasteiger partial charge >= 0.3 is 0 Å². The van der Waals surface area contributed by atoms with Crippen LogP contribution in [0.25, 0.3) is 0 Å². The van der Waals surface area contributed by atoms with Crippen LogP contribution in [0.5, 0.6) is 0 Å². The van der Waals surface area contributed by atoms with Crippen molar-refractivity contribution in [3.63, 3.8) is 0 Å². The first-order valence-electron chi connectivity index (χ1n) is 8.71. The van der Waals surface area contributed by atoms with E-state index in [9.17, 15) is 9.59 Å². The molecule has 0 unspecified atom stereocenters. The number of hydrogen-bond donors (Lipinski definition) is 0. The lowest BCUT2D eigenvalue weighted by Crippen LogP contribution is -2.54. The lowest BCUT2D eigenvalue weighted by atomic mass is 9.88. The van der Waals surface area contributed by atoms with Gasteiger partial charge in [0.2, 0.25) is 11.8 Å². The molecule has 2 saturated heterocycles. The van der Waals surface area contributed by atoms with Gasteiger partial charge in [0.15, 0.2) is 0 Å². The highest BCUT2D eigenvalue weighted by atomic mass is 16.5. The Bertz CT molecular complexity index is 560. The molecule has 7 nitrogen and oxygen atoms in total. The van der Waals surface area contributed by atoms with Gasteiger partial charge in [0.05, 0.1) is 12.9 Å². The van der Waals surface area contributed by atoms with Crippen LogP contribution in [0.4, 0.5) is 0 Å². The maximum atomic E-state index is 12.5. The van der Waals surface area contributed by atoms with Crippen LogP contribution in [0, 0.1) is 5.92 Å². The molecule has 1 aromatic heterocycles. The Labute approximate surface area is 142 Å². The van der Waals surface area contributed by atoms with E-state index in [1.54, 1.807) is 30.4 Å². The number of aromatic nitrogens is 2. The molecule has 0 radical (unpaired) electrons. The fraction of sp³-hybridized carbons (Fsp3) is 0.706. The number of rotatable bonds is 5. The van der Waals surface area contributed by atoms with E-state index in [0.717, 1.165) is 25.8 Å². The molecule has 2 aliphatic heterocycles. The number of hydrogen-bond acceptors (Lipinski definition) is 4. The van der Waals surface area contributed by atoms with Crippen LogP contribution in [0.2, 0.25) is 0 Å². The average Bonchev–Trinajstić information content (AvgIpc) is 3.03. The molecule has 0 N–H and O–H groups in total. The monoisotopic (exact) mass is 334 g/mol. The number of carbonyl (C=O) groups is 2. The summed E-state index contributed by atoms with van der Waals surface area (Å²) in [5.74, 6) is 0.733. The number of likely N-dealkylation sites (tertiary alicyclic amines) is 2. The molecule has 2 aliphatic rings. The zero-order valence-electron chi connectivity index (χ0n) is 14.3. The molecule has 2 atom stereocenters. The van der Waals surface area contributed by atoms with Gasteiger partial charge in [-0.25, -0.2) is 4.98 Å². The van der Waals surface area contributed by atoms with Gasteiger partial charge in [-0.15, -0.1) is 0 Å². The van der Waals surface area contributed by atoms with Gasteiger partial charge in [-0.1, -0.05) is 0 Å². The van der Waals surface area contributed by atoms with Gasteiger partial charge in [-0.3, -0.25) is 9.59 Å². The van der Waals surface area contributed by atoms with E-state index in [-0.39, 0.29) is 17.9 Å². The van der Waals surface area contributed by atoms with E-state index in [2.05, 4.69) is 4.98 Å². The SMILES string of the molecule is COCCN1C(=O)CCC[C@H]2CN(C(=O)Cn3ccnc3)CC[C@H]21. The molecule has 3 rings (SSSR count). The van der Waals surface area contributed by atoms with Crippen LogP contribution in [0.3, 0.4) is 0 Å². The molecular weight excluding hydrogens is 308 g/mol. The predicted octanol–water partition coefficient (Wildman–Crippen LogP) is 0.759. The first-order chi connectivity index (χ1) is 11.7. The van der Waals surface area contributed by atoms with Crippen molar-refractivity contribution in [3.8, 4) is 0 Å². The Kier molecular flexibility index (Phi) is 5.50. The molecule has 2 fully saturated rings. The Morgan fingerprint density at radius 1 is 1.42 bits per heavy atom. The molecule has 2 amide bonds. The quantitative estimate of drug-likeness (QED) is 0.797. The van der Waals surface area contributed by atoms with E-state index in [4.69, 9.17) is 4.74 Å². The topological polar surface area (TPSA) is 67.7 Å². The third-order valence-electron chi connectivity index (χ3n) is 5.15. The minimum Gasteiger partial charge on any atom is -0.383 e. The second-order valence-electron chi connectivity index (χ2n) is 6.66. The van der Waals surface area contributed by atoms with Gasteiger partial charge in [-0.05, 0) is 25.2 Å². The zero-order chi connectivity index (χ0) is 16.9. The predicted molar refractivity (Wildman–Crippen MR) is 88.1 cm³/mol. The lowest BCUT2D eigenvalue weighted by molar-refractivity contribution is -0.138. The first kappa shape index (κ1) is 17.0. The smallest absolute Gasteiger partial charge is 0.242 e. The molecule has 3 heterocycles. The normalized spacial score (nSPS) is 24.6. The molecule has 0 aromatic carbocycles. The number of amides is 2. The van der Waals surface area contributed by atoms with E-state index >= 15 is 0 Å². The second-order valence-corrected chi connectivity index (χ2v) is 6.66. The van der Waals surface area contributed by atoms with Crippen molar-refractivity contribution >= 4 is 11.8 Å². The fourth-order valence-electron chi connectivity index (χ4n) is 3.90. The van der Waals surface area contributed by atoms with Crippen molar-refractivity contribution in [1.29, 1.82) is 0 Å². The highest BCUT2D eigenvalue weighted by molar-refractivity contribution is 5.78. The van der Waals surface area contributed by atoms with Crippen molar-refractivity contribution < 1.29 is 14.3 Å². The van der Waals surface area contributed by atoms with Crippen molar-refractivity contribution in [2.45, 2.75) is 38.3 Å². The lowest BCUT2D eigenvalue weighted by Gasteiger charge is -2.42. The summed E-state index contributed by atoms with van der Waals surface area (Å²) in [5.41, 5.74) is 0. The molecule has 1 aromatic rings. The fourth-order valence-corrected chi connectivity index (χ4v) is 3.90. The van der Waals surface area contributed by atoms with Gasteiger partial charge in [0.25, 0.3) is 0 Å². The standard InChI is InChI=1S/C17H26N4O3/c1-24-10-9-21-15-5-7-20(11-14(15)3-2-4-16(21)22)17(23)12-19-8-6-18-13-19/h6,8,13-15H,2-5,7,9-12H2,1H3/t14-,15+/m0/s1. The van der Waals surface area contributed by atoms with E-state index in [0.29, 0.717) is 38.6 Å². The largest absolute Gasteiger partial charge is 0.383 e. The van der Waals surface area contributed by atoms with Crippen molar-refractivity contribution in [3.05, 3.63) is 18.7 Å². The number of imidazole rings is 1. The van der Waals surface area contributed by atoms with E-state index in [1.807, 2.05) is 9.80 Å². The summed E-state index contributed by atoms with van der Waals surface area (Å²) in [6, 6.07) is 0.243. The Morgan fingerprint density at radius 3 is 3.04 bits per heavy atom. The average molecular weight is 334 g/mol. The Hall–Kier alpha value is -1.89. The first-order valence-corrected chi connectivity index (χ1v) is 8.71. The number of fused-ring (bicyclic) bond motifs is 1. The second kappa shape index (κ2) is 7.79. The van der Waals surface area contributed by atoms with Crippen molar-refractivity contribution in [1.82, 2.24) is 19.4 Å². The number of nitrogens with zero attached hydrogens (tertiary/aromatic N) is 4.